The monoisotopic (exact) mass is 326 g/mol. The summed E-state index contributed by atoms with van der Waals surface area (Å²) in [5.41, 5.74) is 0.668. The lowest BCUT2D eigenvalue weighted by molar-refractivity contribution is 0.128. The minimum atomic E-state index is -0.113. The van der Waals surface area contributed by atoms with E-state index in [2.05, 4.69) is 5.32 Å². The fourth-order valence-electron chi connectivity index (χ4n) is 2.57. The Morgan fingerprint density at radius 3 is 3.00 bits per heavy atom. The SMILES string of the molecule is CCCOc1ccc(NC(=O)N2CCCC2COC)cc1Cl. The summed E-state index contributed by atoms with van der Waals surface area (Å²) in [6.07, 6.45) is 2.91. The molecule has 5 nitrogen and oxygen atoms in total. The van der Waals surface area contributed by atoms with E-state index in [1.54, 1.807) is 25.3 Å². The van der Waals surface area contributed by atoms with Gasteiger partial charge in [0.15, 0.2) is 0 Å². The van der Waals surface area contributed by atoms with E-state index >= 15 is 0 Å². The lowest BCUT2D eigenvalue weighted by Gasteiger charge is -2.24. The molecule has 1 unspecified atom stereocenters. The van der Waals surface area contributed by atoms with Crippen molar-refractivity contribution in [2.75, 3.05) is 32.2 Å². The fraction of sp³-hybridized carbons (Fsp3) is 0.562. The Morgan fingerprint density at radius 1 is 1.50 bits per heavy atom. The van der Waals surface area contributed by atoms with Gasteiger partial charge in [0.05, 0.1) is 24.3 Å². The number of urea groups is 1. The zero-order valence-corrected chi connectivity index (χ0v) is 13.9. The first-order valence-corrected chi connectivity index (χ1v) is 8.02. The number of hydrogen-bond donors (Lipinski definition) is 1. The molecule has 1 aliphatic rings. The van der Waals surface area contributed by atoms with Gasteiger partial charge in [-0.15, -0.1) is 0 Å². The van der Waals surface area contributed by atoms with Crippen molar-refractivity contribution in [3.63, 3.8) is 0 Å². The summed E-state index contributed by atoms with van der Waals surface area (Å²) in [5, 5.41) is 3.39. The van der Waals surface area contributed by atoms with E-state index in [1.807, 2.05) is 11.8 Å². The van der Waals surface area contributed by atoms with Crippen LogP contribution in [0.5, 0.6) is 5.75 Å². The molecule has 0 bridgehead atoms. The summed E-state index contributed by atoms with van der Waals surface area (Å²) < 4.78 is 10.7. The molecule has 6 heteroatoms. The molecule has 1 aromatic rings. The molecule has 1 aromatic carbocycles. The Bertz CT molecular complexity index is 510. The third kappa shape index (κ3) is 4.27. The van der Waals surface area contributed by atoms with Crippen LogP contribution in [0.25, 0.3) is 0 Å². The van der Waals surface area contributed by atoms with E-state index in [9.17, 15) is 4.79 Å². The highest BCUT2D eigenvalue weighted by atomic mass is 35.5. The molecule has 2 rings (SSSR count). The molecule has 0 spiro atoms. The molecule has 0 aliphatic carbocycles. The molecule has 22 heavy (non-hydrogen) atoms. The van der Waals surface area contributed by atoms with Gasteiger partial charge in [0, 0.05) is 19.3 Å². The topological polar surface area (TPSA) is 50.8 Å². The number of anilines is 1. The van der Waals surface area contributed by atoms with Crippen LogP contribution < -0.4 is 10.1 Å². The van der Waals surface area contributed by atoms with E-state index in [4.69, 9.17) is 21.1 Å². The highest BCUT2D eigenvalue weighted by Gasteiger charge is 2.28. The lowest BCUT2D eigenvalue weighted by atomic mass is 10.2. The average molecular weight is 327 g/mol. The van der Waals surface area contributed by atoms with Gasteiger partial charge in [0.25, 0.3) is 0 Å². The second-order valence-corrected chi connectivity index (χ2v) is 5.78. The minimum absolute atomic E-state index is 0.113. The largest absolute Gasteiger partial charge is 0.492 e. The predicted octanol–water partition coefficient (Wildman–Crippen LogP) is 3.77. The molecule has 1 heterocycles. The Hall–Kier alpha value is -1.46. The Balaban J connectivity index is 1.98. The number of carbonyl (C=O) groups is 1. The van der Waals surface area contributed by atoms with E-state index in [-0.39, 0.29) is 12.1 Å². The Kier molecular flexibility index (Phi) is 6.34. The zero-order chi connectivity index (χ0) is 15.9. The first-order valence-electron chi connectivity index (χ1n) is 7.64. The number of ether oxygens (including phenoxy) is 2. The average Bonchev–Trinajstić information content (AvgIpc) is 2.95. The van der Waals surface area contributed by atoms with Crippen LogP contribution in [0, 0.1) is 0 Å². The minimum Gasteiger partial charge on any atom is -0.492 e. The summed E-state index contributed by atoms with van der Waals surface area (Å²) in [6.45, 7) is 3.98. The number of likely N-dealkylation sites (tertiary alicyclic amines) is 1. The summed E-state index contributed by atoms with van der Waals surface area (Å²) >= 11 is 6.18. The van der Waals surface area contributed by atoms with Crippen LogP contribution in [0.3, 0.4) is 0 Å². The fourth-order valence-corrected chi connectivity index (χ4v) is 2.81. The molecular formula is C16H23ClN2O3. The molecule has 0 saturated carbocycles. The molecule has 0 radical (unpaired) electrons. The molecule has 122 valence electrons. The van der Waals surface area contributed by atoms with Gasteiger partial charge >= 0.3 is 6.03 Å². The van der Waals surface area contributed by atoms with Crippen molar-refractivity contribution >= 4 is 23.3 Å². The third-order valence-corrected chi connectivity index (χ3v) is 3.94. The molecule has 1 atom stereocenters. The van der Waals surface area contributed by atoms with E-state index in [0.29, 0.717) is 29.7 Å². The maximum absolute atomic E-state index is 12.4. The summed E-state index contributed by atoms with van der Waals surface area (Å²) in [6, 6.07) is 5.33. The standard InChI is InChI=1S/C16H23ClN2O3/c1-3-9-22-15-7-6-12(10-14(15)17)18-16(20)19-8-4-5-13(19)11-21-2/h6-7,10,13H,3-5,8-9,11H2,1-2H3,(H,18,20). The van der Waals surface area contributed by atoms with Crippen LogP contribution in [0.4, 0.5) is 10.5 Å². The molecule has 1 saturated heterocycles. The highest BCUT2D eigenvalue weighted by molar-refractivity contribution is 6.32. The smallest absolute Gasteiger partial charge is 0.322 e. The number of hydrogen-bond acceptors (Lipinski definition) is 3. The number of nitrogens with zero attached hydrogens (tertiary/aromatic N) is 1. The molecule has 1 fully saturated rings. The molecule has 1 N–H and O–H groups in total. The van der Waals surface area contributed by atoms with Crippen molar-refractivity contribution in [3.8, 4) is 5.75 Å². The van der Waals surface area contributed by atoms with Gasteiger partial charge in [0.2, 0.25) is 0 Å². The van der Waals surface area contributed by atoms with Gasteiger partial charge in [-0.3, -0.25) is 0 Å². The van der Waals surface area contributed by atoms with Crippen molar-refractivity contribution in [1.82, 2.24) is 4.90 Å². The maximum atomic E-state index is 12.4. The normalized spacial score (nSPS) is 17.6. The van der Waals surface area contributed by atoms with E-state index in [1.165, 1.54) is 0 Å². The van der Waals surface area contributed by atoms with Crippen LogP contribution >= 0.6 is 11.6 Å². The van der Waals surface area contributed by atoms with Crippen molar-refractivity contribution in [3.05, 3.63) is 23.2 Å². The number of benzene rings is 1. The van der Waals surface area contributed by atoms with Crippen LogP contribution in [-0.2, 0) is 4.74 Å². The van der Waals surface area contributed by atoms with Gasteiger partial charge in [0.1, 0.15) is 5.75 Å². The Labute approximate surface area is 136 Å². The van der Waals surface area contributed by atoms with E-state index in [0.717, 1.165) is 25.8 Å². The first-order chi connectivity index (χ1) is 10.7. The third-order valence-electron chi connectivity index (χ3n) is 3.64. The second-order valence-electron chi connectivity index (χ2n) is 5.37. The number of nitrogens with one attached hydrogen (secondary N) is 1. The summed E-state index contributed by atoms with van der Waals surface area (Å²) in [5.74, 6) is 0.639. The van der Waals surface area contributed by atoms with E-state index < -0.39 is 0 Å². The van der Waals surface area contributed by atoms with Gasteiger partial charge in [-0.1, -0.05) is 18.5 Å². The summed E-state index contributed by atoms with van der Waals surface area (Å²) in [4.78, 5) is 14.2. The van der Waals surface area contributed by atoms with Gasteiger partial charge in [-0.05, 0) is 37.5 Å². The number of halogens is 1. The van der Waals surface area contributed by atoms with Crippen molar-refractivity contribution in [1.29, 1.82) is 0 Å². The number of methoxy groups -OCH3 is 1. The zero-order valence-electron chi connectivity index (χ0n) is 13.1. The van der Waals surface area contributed by atoms with Crippen LogP contribution in [0.15, 0.2) is 18.2 Å². The highest BCUT2D eigenvalue weighted by Crippen LogP contribution is 2.28. The van der Waals surface area contributed by atoms with Gasteiger partial charge < -0.3 is 19.7 Å². The number of amides is 2. The van der Waals surface area contributed by atoms with Gasteiger partial charge in [-0.2, -0.15) is 0 Å². The van der Waals surface area contributed by atoms with Crippen molar-refractivity contribution < 1.29 is 14.3 Å². The molecule has 0 aromatic heterocycles. The van der Waals surface area contributed by atoms with Crippen molar-refractivity contribution in [2.24, 2.45) is 0 Å². The van der Waals surface area contributed by atoms with Gasteiger partial charge in [-0.25, -0.2) is 4.79 Å². The summed E-state index contributed by atoms with van der Waals surface area (Å²) in [7, 11) is 1.66. The van der Waals surface area contributed by atoms with Crippen LogP contribution in [0.1, 0.15) is 26.2 Å². The van der Waals surface area contributed by atoms with Crippen LogP contribution in [-0.4, -0.2) is 43.8 Å². The molecule has 2 amide bonds. The second kappa shape index (κ2) is 8.25. The Morgan fingerprint density at radius 2 is 2.32 bits per heavy atom. The lowest BCUT2D eigenvalue weighted by Crippen LogP contribution is -2.40. The predicted molar refractivity (Wildman–Crippen MR) is 87.9 cm³/mol. The number of carbonyl (C=O) groups excluding carboxylic acids is 1. The quantitative estimate of drug-likeness (QED) is 0.865. The first kappa shape index (κ1) is 16.9. The van der Waals surface area contributed by atoms with Crippen molar-refractivity contribution in [2.45, 2.75) is 32.2 Å². The molecular weight excluding hydrogens is 304 g/mol. The maximum Gasteiger partial charge on any atom is 0.322 e. The number of rotatable bonds is 6. The van der Waals surface area contributed by atoms with Crippen LogP contribution in [0.2, 0.25) is 5.02 Å². The molecule has 1 aliphatic heterocycles.